The Hall–Kier alpha value is -3.80. The first kappa shape index (κ1) is 19.5. The van der Waals surface area contributed by atoms with E-state index in [1.54, 1.807) is 41.0 Å². The zero-order valence-corrected chi connectivity index (χ0v) is 17.1. The molecule has 30 heavy (non-hydrogen) atoms. The van der Waals surface area contributed by atoms with Crippen LogP contribution in [0.4, 0.5) is 0 Å². The van der Waals surface area contributed by atoms with Crippen molar-refractivity contribution in [1.82, 2.24) is 9.13 Å². The molecular formula is C24H22N2O4. The zero-order valence-electron chi connectivity index (χ0n) is 17.1. The van der Waals surface area contributed by atoms with E-state index < -0.39 is 5.69 Å². The first-order chi connectivity index (χ1) is 14.5. The number of methoxy groups -OCH3 is 2. The minimum absolute atomic E-state index is 0.354. The van der Waals surface area contributed by atoms with E-state index in [2.05, 4.69) is 0 Å². The monoisotopic (exact) mass is 402 g/mol. The van der Waals surface area contributed by atoms with Crippen LogP contribution >= 0.6 is 0 Å². The van der Waals surface area contributed by atoms with Gasteiger partial charge in [0.25, 0.3) is 5.56 Å². The molecule has 0 aliphatic carbocycles. The Morgan fingerprint density at radius 3 is 2.23 bits per heavy atom. The Balaban J connectivity index is 1.98. The fraction of sp³-hybridized carbons (Fsp3) is 0.167. The van der Waals surface area contributed by atoms with E-state index in [0.29, 0.717) is 34.6 Å². The van der Waals surface area contributed by atoms with E-state index in [1.807, 2.05) is 37.3 Å². The summed E-state index contributed by atoms with van der Waals surface area (Å²) in [5, 5.41) is 0.471. The van der Waals surface area contributed by atoms with Crippen LogP contribution in [-0.4, -0.2) is 23.4 Å². The van der Waals surface area contributed by atoms with Crippen molar-refractivity contribution >= 4 is 10.9 Å². The van der Waals surface area contributed by atoms with Crippen molar-refractivity contribution in [1.29, 1.82) is 0 Å². The topological polar surface area (TPSA) is 62.5 Å². The van der Waals surface area contributed by atoms with E-state index in [4.69, 9.17) is 9.47 Å². The molecule has 4 aromatic rings. The number of aromatic nitrogens is 2. The molecular weight excluding hydrogens is 380 g/mol. The van der Waals surface area contributed by atoms with E-state index in [1.165, 1.54) is 18.8 Å². The Morgan fingerprint density at radius 1 is 0.833 bits per heavy atom. The average Bonchev–Trinajstić information content (AvgIpc) is 2.78. The van der Waals surface area contributed by atoms with Gasteiger partial charge in [-0.15, -0.1) is 0 Å². The summed E-state index contributed by atoms with van der Waals surface area (Å²) < 4.78 is 13.4. The van der Waals surface area contributed by atoms with Gasteiger partial charge in [0.1, 0.15) is 0 Å². The van der Waals surface area contributed by atoms with Crippen LogP contribution in [0.1, 0.15) is 11.1 Å². The van der Waals surface area contributed by atoms with E-state index in [0.717, 1.165) is 11.1 Å². The predicted molar refractivity (Wildman–Crippen MR) is 117 cm³/mol. The molecule has 3 aromatic carbocycles. The van der Waals surface area contributed by atoms with Gasteiger partial charge < -0.3 is 9.47 Å². The molecule has 0 aliphatic heterocycles. The maximum absolute atomic E-state index is 13.5. The van der Waals surface area contributed by atoms with Gasteiger partial charge in [-0.1, -0.05) is 42.0 Å². The van der Waals surface area contributed by atoms with E-state index in [-0.39, 0.29) is 5.56 Å². The van der Waals surface area contributed by atoms with Crippen LogP contribution in [0.25, 0.3) is 16.6 Å². The van der Waals surface area contributed by atoms with Crippen LogP contribution in [-0.2, 0) is 6.54 Å². The molecule has 0 unspecified atom stereocenters. The van der Waals surface area contributed by atoms with Crippen molar-refractivity contribution in [3.63, 3.8) is 0 Å². The number of hydrogen-bond acceptors (Lipinski definition) is 4. The lowest BCUT2D eigenvalue weighted by atomic mass is 10.1. The molecule has 0 amide bonds. The van der Waals surface area contributed by atoms with Crippen LogP contribution in [0.3, 0.4) is 0 Å². The standard InChI is InChI=1S/C24H22N2O4/c1-16-8-10-17(11-9-16)15-25-20-7-5-4-6-19(20)23(27)26(24(25)28)18-12-13-21(29-2)22(14-18)30-3/h4-14H,15H2,1-3H3. The number of nitrogens with zero attached hydrogens (tertiary/aromatic N) is 2. The zero-order chi connectivity index (χ0) is 21.3. The van der Waals surface area contributed by atoms with Crippen molar-refractivity contribution in [3.8, 4) is 17.2 Å². The molecule has 4 rings (SSSR count). The SMILES string of the molecule is COc1ccc(-n2c(=O)c3ccccc3n(Cc3ccc(C)cc3)c2=O)cc1OC. The summed E-state index contributed by atoms with van der Waals surface area (Å²) in [6.45, 7) is 2.37. The molecule has 0 atom stereocenters. The molecule has 6 nitrogen and oxygen atoms in total. The Labute approximate surface area is 173 Å². The fourth-order valence-corrected chi connectivity index (χ4v) is 3.54. The lowest BCUT2D eigenvalue weighted by molar-refractivity contribution is 0.355. The van der Waals surface area contributed by atoms with Crippen LogP contribution in [0.5, 0.6) is 11.5 Å². The summed E-state index contributed by atoms with van der Waals surface area (Å²) >= 11 is 0. The highest BCUT2D eigenvalue weighted by Crippen LogP contribution is 2.28. The fourth-order valence-electron chi connectivity index (χ4n) is 3.54. The van der Waals surface area contributed by atoms with Gasteiger partial charge in [0.05, 0.1) is 37.4 Å². The number of hydrogen-bond donors (Lipinski definition) is 0. The van der Waals surface area contributed by atoms with E-state index in [9.17, 15) is 9.59 Å². The summed E-state index contributed by atoms with van der Waals surface area (Å²) in [6, 6.07) is 20.1. The highest BCUT2D eigenvalue weighted by Gasteiger charge is 2.16. The number of para-hydroxylation sites is 1. The van der Waals surface area contributed by atoms with Crippen LogP contribution in [0.2, 0.25) is 0 Å². The maximum Gasteiger partial charge on any atom is 0.336 e. The van der Waals surface area contributed by atoms with Crippen molar-refractivity contribution in [2.45, 2.75) is 13.5 Å². The highest BCUT2D eigenvalue weighted by atomic mass is 16.5. The molecule has 1 aromatic heterocycles. The van der Waals surface area contributed by atoms with Crippen molar-refractivity contribution in [2.24, 2.45) is 0 Å². The van der Waals surface area contributed by atoms with Crippen LogP contribution in [0, 0.1) is 6.92 Å². The molecule has 1 heterocycles. The van der Waals surface area contributed by atoms with Crippen molar-refractivity contribution in [3.05, 3.63) is 98.7 Å². The molecule has 0 N–H and O–H groups in total. The smallest absolute Gasteiger partial charge is 0.336 e. The lowest BCUT2D eigenvalue weighted by Gasteiger charge is -2.15. The molecule has 0 radical (unpaired) electrons. The molecule has 6 heteroatoms. The number of fused-ring (bicyclic) bond motifs is 1. The van der Waals surface area contributed by atoms with Gasteiger partial charge >= 0.3 is 5.69 Å². The predicted octanol–water partition coefficient (Wildman–Crippen LogP) is 3.53. The van der Waals surface area contributed by atoms with Gasteiger partial charge in [-0.05, 0) is 36.8 Å². The number of rotatable bonds is 5. The van der Waals surface area contributed by atoms with Gasteiger partial charge in [0, 0.05) is 6.07 Å². The second-order valence-electron chi connectivity index (χ2n) is 7.05. The van der Waals surface area contributed by atoms with Gasteiger partial charge in [-0.3, -0.25) is 9.36 Å². The third kappa shape index (κ3) is 3.37. The normalized spacial score (nSPS) is 10.9. The molecule has 0 saturated carbocycles. The minimum Gasteiger partial charge on any atom is -0.493 e. The first-order valence-corrected chi connectivity index (χ1v) is 9.56. The van der Waals surface area contributed by atoms with Gasteiger partial charge in [0.15, 0.2) is 11.5 Å². The minimum atomic E-state index is -0.411. The van der Waals surface area contributed by atoms with Gasteiger partial charge in [-0.25, -0.2) is 9.36 Å². The molecule has 0 fully saturated rings. The van der Waals surface area contributed by atoms with Crippen LogP contribution < -0.4 is 20.7 Å². The molecule has 0 bridgehead atoms. The second kappa shape index (κ2) is 7.91. The lowest BCUT2D eigenvalue weighted by Crippen LogP contribution is -2.39. The third-order valence-electron chi connectivity index (χ3n) is 5.14. The molecule has 0 saturated heterocycles. The number of aryl methyl sites for hydroxylation is 1. The molecule has 0 spiro atoms. The molecule has 0 aliphatic rings. The van der Waals surface area contributed by atoms with E-state index >= 15 is 0 Å². The Kier molecular flexibility index (Phi) is 5.14. The number of benzene rings is 3. The van der Waals surface area contributed by atoms with Crippen molar-refractivity contribution < 1.29 is 9.47 Å². The average molecular weight is 402 g/mol. The summed E-state index contributed by atoms with van der Waals surface area (Å²) in [6.07, 6.45) is 0. The largest absolute Gasteiger partial charge is 0.493 e. The van der Waals surface area contributed by atoms with Gasteiger partial charge in [0.2, 0.25) is 0 Å². The Bertz CT molecular complexity index is 1330. The summed E-state index contributed by atoms with van der Waals surface area (Å²) in [5.74, 6) is 0.967. The summed E-state index contributed by atoms with van der Waals surface area (Å²) in [4.78, 5) is 26.7. The van der Waals surface area contributed by atoms with Crippen molar-refractivity contribution in [2.75, 3.05) is 14.2 Å². The first-order valence-electron chi connectivity index (χ1n) is 9.56. The highest BCUT2D eigenvalue weighted by molar-refractivity contribution is 5.78. The summed E-state index contributed by atoms with van der Waals surface area (Å²) in [5.41, 5.74) is 2.36. The Morgan fingerprint density at radius 2 is 1.53 bits per heavy atom. The van der Waals surface area contributed by atoms with Crippen LogP contribution in [0.15, 0.2) is 76.3 Å². The maximum atomic E-state index is 13.5. The molecule has 152 valence electrons. The summed E-state index contributed by atoms with van der Waals surface area (Å²) in [7, 11) is 3.05. The quantitative estimate of drug-likeness (QED) is 0.512. The third-order valence-corrected chi connectivity index (χ3v) is 5.14. The number of ether oxygens (including phenoxy) is 2. The second-order valence-corrected chi connectivity index (χ2v) is 7.05. The van der Waals surface area contributed by atoms with Gasteiger partial charge in [-0.2, -0.15) is 0 Å².